The molecule has 0 saturated carbocycles. The summed E-state index contributed by atoms with van der Waals surface area (Å²) in [4.78, 5) is 31.4. The third kappa shape index (κ3) is 3.70. The van der Waals surface area contributed by atoms with E-state index in [9.17, 15) is 0 Å². The van der Waals surface area contributed by atoms with Crippen molar-refractivity contribution in [1.82, 2.24) is 39.9 Å². The maximum absolute atomic E-state index is 5.52. The molecule has 0 radical (unpaired) electrons. The molecule has 0 aliphatic carbocycles. The van der Waals surface area contributed by atoms with Crippen molar-refractivity contribution in [3.8, 4) is 34.9 Å². The molecule has 0 unspecified atom stereocenters. The van der Waals surface area contributed by atoms with Gasteiger partial charge in [-0.2, -0.15) is 19.9 Å². The number of hydrogen-bond acceptors (Lipinski definition) is 10. The van der Waals surface area contributed by atoms with E-state index in [-0.39, 0.29) is 12.0 Å². The molecule has 0 aliphatic rings. The highest BCUT2D eigenvalue weighted by Gasteiger charge is 2.07. The Balaban J connectivity index is 1.57. The first-order chi connectivity index (χ1) is 12.9. The van der Waals surface area contributed by atoms with Crippen LogP contribution in [0.2, 0.25) is 0 Å². The van der Waals surface area contributed by atoms with E-state index in [4.69, 9.17) is 9.47 Å². The van der Waals surface area contributed by atoms with E-state index < -0.39 is 0 Å². The minimum atomic E-state index is 0.165. The van der Waals surface area contributed by atoms with Gasteiger partial charge in [-0.25, -0.2) is 19.9 Å². The lowest BCUT2D eigenvalue weighted by atomic mass is 10.1. The van der Waals surface area contributed by atoms with Gasteiger partial charge in [0.15, 0.2) is 0 Å². The van der Waals surface area contributed by atoms with E-state index in [0.29, 0.717) is 11.8 Å². The largest absolute Gasteiger partial charge is 0.405 e. The van der Waals surface area contributed by atoms with Crippen LogP contribution in [0.3, 0.4) is 0 Å². The minimum absolute atomic E-state index is 0.165. The van der Waals surface area contributed by atoms with Crippen molar-refractivity contribution in [1.29, 1.82) is 0 Å². The highest BCUT2D eigenvalue weighted by molar-refractivity contribution is 5.64. The van der Waals surface area contributed by atoms with Gasteiger partial charge in [-0.1, -0.05) is 0 Å². The molecule has 4 heterocycles. The standard InChI is InChI=1S/C16H10N8O2/c1-3-19-13(25-15-21-7-17-8-22-15)5-11(1)12-2-4-20-14(6-12)26-16-23-9-18-10-24-16/h1-10H. The van der Waals surface area contributed by atoms with E-state index in [1.54, 1.807) is 24.5 Å². The average Bonchev–Trinajstić information content (AvgIpc) is 2.70. The summed E-state index contributed by atoms with van der Waals surface area (Å²) >= 11 is 0. The van der Waals surface area contributed by atoms with Crippen molar-refractivity contribution < 1.29 is 9.47 Å². The Morgan fingerprint density at radius 3 is 1.38 bits per heavy atom. The molecule has 0 aliphatic heterocycles. The Hall–Kier alpha value is -4.08. The SMILES string of the molecule is c1cc(-c2ccnc(Oc3ncncn3)c2)cc(Oc2ncncn2)n1. The number of rotatable bonds is 5. The summed E-state index contributed by atoms with van der Waals surface area (Å²) in [6, 6.07) is 7.51. The van der Waals surface area contributed by atoms with Gasteiger partial charge in [0.05, 0.1) is 0 Å². The maximum atomic E-state index is 5.52. The monoisotopic (exact) mass is 346 g/mol. The van der Waals surface area contributed by atoms with Gasteiger partial charge in [-0.15, -0.1) is 0 Å². The third-order valence-electron chi connectivity index (χ3n) is 3.13. The lowest BCUT2D eigenvalue weighted by molar-refractivity contribution is 0.421. The van der Waals surface area contributed by atoms with Gasteiger partial charge in [-0.05, 0) is 23.3 Å². The summed E-state index contributed by atoms with van der Waals surface area (Å²) < 4.78 is 11.0. The van der Waals surface area contributed by atoms with E-state index in [1.165, 1.54) is 25.3 Å². The maximum Gasteiger partial charge on any atom is 0.326 e. The molecule has 10 nitrogen and oxygen atoms in total. The molecule has 0 fully saturated rings. The average molecular weight is 346 g/mol. The normalized spacial score (nSPS) is 10.3. The van der Waals surface area contributed by atoms with Gasteiger partial charge in [0.2, 0.25) is 11.8 Å². The number of pyridine rings is 2. The van der Waals surface area contributed by atoms with Gasteiger partial charge >= 0.3 is 12.0 Å². The van der Waals surface area contributed by atoms with Crippen molar-refractivity contribution in [3.63, 3.8) is 0 Å². The zero-order chi connectivity index (χ0) is 17.6. The van der Waals surface area contributed by atoms with Crippen LogP contribution in [0, 0.1) is 0 Å². The quantitative estimate of drug-likeness (QED) is 0.531. The van der Waals surface area contributed by atoms with Gasteiger partial charge in [0.25, 0.3) is 0 Å². The predicted octanol–water partition coefficient (Wildman–Crippen LogP) is 2.10. The molecule has 0 amide bonds. The molecular formula is C16H10N8O2. The van der Waals surface area contributed by atoms with Crippen LogP contribution in [-0.4, -0.2) is 39.9 Å². The van der Waals surface area contributed by atoms with Gasteiger partial charge in [0, 0.05) is 24.5 Å². The second-order valence-corrected chi connectivity index (χ2v) is 4.81. The molecular weight excluding hydrogens is 336 g/mol. The molecule has 126 valence electrons. The lowest BCUT2D eigenvalue weighted by Crippen LogP contribution is -1.95. The van der Waals surface area contributed by atoms with Crippen molar-refractivity contribution in [2.75, 3.05) is 0 Å². The first-order valence-electron chi connectivity index (χ1n) is 7.39. The number of aromatic nitrogens is 8. The van der Waals surface area contributed by atoms with Crippen LogP contribution in [0.4, 0.5) is 0 Å². The number of hydrogen-bond donors (Lipinski definition) is 0. The minimum Gasteiger partial charge on any atom is -0.405 e. The summed E-state index contributed by atoms with van der Waals surface area (Å²) in [6.07, 6.45) is 8.64. The van der Waals surface area contributed by atoms with Crippen molar-refractivity contribution in [2.24, 2.45) is 0 Å². The van der Waals surface area contributed by atoms with Gasteiger partial charge < -0.3 is 9.47 Å². The molecule has 4 aromatic rings. The first-order valence-corrected chi connectivity index (χ1v) is 7.39. The first kappa shape index (κ1) is 15.4. The highest BCUT2D eigenvalue weighted by Crippen LogP contribution is 2.26. The third-order valence-corrected chi connectivity index (χ3v) is 3.13. The van der Waals surface area contributed by atoms with Crippen molar-refractivity contribution in [2.45, 2.75) is 0 Å². The van der Waals surface area contributed by atoms with Crippen molar-refractivity contribution >= 4 is 0 Å². The van der Waals surface area contributed by atoms with Crippen LogP contribution in [0.15, 0.2) is 62.0 Å². The van der Waals surface area contributed by atoms with E-state index in [0.717, 1.165) is 11.1 Å². The van der Waals surface area contributed by atoms with Crippen LogP contribution < -0.4 is 9.47 Å². The Bertz CT molecular complexity index is 918. The van der Waals surface area contributed by atoms with E-state index in [1.807, 2.05) is 12.1 Å². The fourth-order valence-electron chi connectivity index (χ4n) is 2.04. The zero-order valence-corrected chi connectivity index (χ0v) is 13.2. The topological polar surface area (TPSA) is 122 Å². The van der Waals surface area contributed by atoms with Crippen LogP contribution >= 0.6 is 0 Å². The second kappa shape index (κ2) is 7.21. The fourth-order valence-corrected chi connectivity index (χ4v) is 2.04. The summed E-state index contributed by atoms with van der Waals surface area (Å²) in [7, 11) is 0. The predicted molar refractivity (Wildman–Crippen MR) is 87.3 cm³/mol. The summed E-state index contributed by atoms with van der Waals surface area (Å²) in [6.45, 7) is 0. The van der Waals surface area contributed by atoms with Crippen LogP contribution in [-0.2, 0) is 0 Å². The zero-order valence-electron chi connectivity index (χ0n) is 13.2. The Morgan fingerprint density at radius 2 is 0.962 bits per heavy atom. The molecule has 0 atom stereocenters. The van der Waals surface area contributed by atoms with Gasteiger partial charge in [0.1, 0.15) is 25.3 Å². The molecule has 0 N–H and O–H groups in total. The summed E-state index contributed by atoms with van der Waals surface area (Å²) in [5.74, 6) is 0.705. The van der Waals surface area contributed by atoms with E-state index in [2.05, 4.69) is 39.9 Å². The van der Waals surface area contributed by atoms with Crippen molar-refractivity contribution in [3.05, 3.63) is 62.0 Å². The summed E-state index contributed by atoms with van der Waals surface area (Å²) in [5, 5.41) is 0. The van der Waals surface area contributed by atoms with Crippen LogP contribution in [0.1, 0.15) is 0 Å². The summed E-state index contributed by atoms with van der Waals surface area (Å²) in [5.41, 5.74) is 1.71. The molecule has 0 spiro atoms. The Morgan fingerprint density at radius 1 is 0.538 bits per heavy atom. The molecule has 0 bridgehead atoms. The number of ether oxygens (including phenoxy) is 2. The molecule has 26 heavy (non-hydrogen) atoms. The molecule has 0 aromatic carbocycles. The number of nitrogens with zero attached hydrogens (tertiary/aromatic N) is 8. The molecule has 4 rings (SSSR count). The molecule has 4 aromatic heterocycles. The van der Waals surface area contributed by atoms with Crippen LogP contribution in [0.5, 0.6) is 23.8 Å². The van der Waals surface area contributed by atoms with Crippen LogP contribution in [0.25, 0.3) is 11.1 Å². The smallest absolute Gasteiger partial charge is 0.326 e. The highest BCUT2D eigenvalue weighted by atomic mass is 16.5. The second-order valence-electron chi connectivity index (χ2n) is 4.81. The lowest BCUT2D eigenvalue weighted by Gasteiger charge is -2.07. The van der Waals surface area contributed by atoms with E-state index >= 15 is 0 Å². The molecule has 0 saturated heterocycles. The Kier molecular flexibility index (Phi) is 4.29. The Labute approximate surface area is 147 Å². The van der Waals surface area contributed by atoms with Gasteiger partial charge in [-0.3, -0.25) is 0 Å². The molecule has 10 heteroatoms. The fraction of sp³-hybridized carbons (Fsp3) is 0.